The predicted molar refractivity (Wildman–Crippen MR) is 63.0 cm³/mol. The smallest absolute Gasteiger partial charge is 0.139 e. The van der Waals surface area contributed by atoms with Crippen molar-refractivity contribution in [2.75, 3.05) is 0 Å². The summed E-state index contributed by atoms with van der Waals surface area (Å²) in [5.41, 5.74) is 1.91. The first-order valence-corrected chi connectivity index (χ1v) is 5.23. The van der Waals surface area contributed by atoms with Gasteiger partial charge in [0.15, 0.2) is 0 Å². The fraction of sp³-hybridized carbons (Fsp3) is 0.167. The van der Waals surface area contributed by atoms with Crippen molar-refractivity contribution in [2.24, 2.45) is 7.05 Å². The van der Waals surface area contributed by atoms with Crippen LogP contribution in [0, 0.1) is 11.3 Å². The molecule has 1 aromatic carbocycles. The zero-order valence-corrected chi connectivity index (χ0v) is 9.57. The average Bonchev–Trinajstić information content (AvgIpc) is 2.63. The molecule has 0 saturated carbocycles. The van der Waals surface area contributed by atoms with Gasteiger partial charge in [-0.1, -0.05) is 11.6 Å². The number of nitrogens with zero attached hydrogens (tertiary/aromatic N) is 3. The Hall–Kier alpha value is -1.79. The fourth-order valence-corrected chi connectivity index (χ4v) is 1.68. The third-order valence-electron chi connectivity index (χ3n) is 2.45. The van der Waals surface area contributed by atoms with E-state index in [1.807, 2.05) is 35.9 Å². The van der Waals surface area contributed by atoms with Crippen LogP contribution in [0.3, 0.4) is 0 Å². The topological polar surface area (TPSA) is 41.6 Å². The Morgan fingerprint density at radius 3 is 2.69 bits per heavy atom. The molecule has 0 atom stereocenters. The molecule has 0 saturated heterocycles. The first-order chi connectivity index (χ1) is 7.72. The van der Waals surface area contributed by atoms with Crippen LogP contribution >= 0.6 is 11.6 Å². The molecule has 0 spiro atoms. The quantitative estimate of drug-likeness (QED) is 0.798. The Labute approximate surface area is 98.9 Å². The average molecular weight is 232 g/mol. The van der Waals surface area contributed by atoms with Crippen LogP contribution in [0.2, 0.25) is 5.02 Å². The SMILES string of the molecule is Cn1c(CC#N)cnc1-c1ccc(Cl)cc1. The summed E-state index contributed by atoms with van der Waals surface area (Å²) < 4.78 is 1.92. The summed E-state index contributed by atoms with van der Waals surface area (Å²) in [6.07, 6.45) is 2.10. The van der Waals surface area contributed by atoms with Gasteiger partial charge in [0.25, 0.3) is 0 Å². The van der Waals surface area contributed by atoms with E-state index in [1.54, 1.807) is 6.20 Å². The lowest BCUT2D eigenvalue weighted by Gasteiger charge is -2.03. The molecule has 4 heteroatoms. The minimum absolute atomic E-state index is 0.372. The first-order valence-electron chi connectivity index (χ1n) is 4.86. The Morgan fingerprint density at radius 2 is 2.06 bits per heavy atom. The largest absolute Gasteiger partial charge is 0.330 e. The molecule has 0 bridgehead atoms. The van der Waals surface area contributed by atoms with Gasteiger partial charge in [-0.25, -0.2) is 4.98 Å². The molecule has 0 amide bonds. The highest BCUT2D eigenvalue weighted by Crippen LogP contribution is 2.20. The van der Waals surface area contributed by atoms with Gasteiger partial charge in [0.2, 0.25) is 0 Å². The fourth-order valence-electron chi connectivity index (χ4n) is 1.56. The normalized spacial score (nSPS) is 10.1. The summed E-state index contributed by atoms with van der Waals surface area (Å²) in [6, 6.07) is 9.61. The molecule has 0 aliphatic rings. The summed E-state index contributed by atoms with van der Waals surface area (Å²) >= 11 is 5.82. The number of rotatable bonds is 2. The Balaban J connectivity index is 2.42. The molecule has 0 aliphatic carbocycles. The van der Waals surface area contributed by atoms with E-state index in [4.69, 9.17) is 16.9 Å². The first kappa shape index (κ1) is 10.7. The molecule has 2 aromatic rings. The lowest BCUT2D eigenvalue weighted by molar-refractivity contribution is 0.864. The maximum Gasteiger partial charge on any atom is 0.139 e. The van der Waals surface area contributed by atoms with Crippen LogP contribution in [0.25, 0.3) is 11.4 Å². The van der Waals surface area contributed by atoms with Crippen LogP contribution in [-0.4, -0.2) is 9.55 Å². The van der Waals surface area contributed by atoms with Crippen LogP contribution in [0.5, 0.6) is 0 Å². The number of hydrogen-bond donors (Lipinski definition) is 0. The standard InChI is InChI=1S/C12H10ClN3/c1-16-11(6-7-14)8-15-12(16)9-2-4-10(13)5-3-9/h2-5,8H,6H2,1H3. The third kappa shape index (κ3) is 1.93. The van der Waals surface area contributed by atoms with Crippen molar-refractivity contribution in [3.8, 4) is 17.5 Å². The van der Waals surface area contributed by atoms with Crippen molar-refractivity contribution in [2.45, 2.75) is 6.42 Å². The minimum Gasteiger partial charge on any atom is -0.330 e. The molecule has 1 aromatic heterocycles. The summed E-state index contributed by atoms with van der Waals surface area (Å²) in [5, 5.41) is 9.36. The molecule has 0 radical (unpaired) electrons. The second kappa shape index (κ2) is 4.38. The van der Waals surface area contributed by atoms with E-state index in [-0.39, 0.29) is 0 Å². The summed E-state index contributed by atoms with van der Waals surface area (Å²) in [4.78, 5) is 4.30. The number of aromatic nitrogens is 2. The third-order valence-corrected chi connectivity index (χ3v) is 2.70. The Kier molecular flexibility index (Phi) is 2.93. The van der Waals surface area contributed by atoms with Crippen molar-refractivity contribution in [3.63, 3.8) is 0 Å². The second-order valence-corrected chi connectivity index (χ2v) is 3.91. The molecule has 0 unspecified atom stereocenters. The summed E-state index contributed by atoms with van der Waals surface area (Å²) in [6.45, 7) is 0. The minimum atomic E-state index is 0.372. The molecular formula is C12H10ClN3. The highest BCUT2D eigenvalue weighted by Gasteiger charge is 2.07. The molecule has 2 rings (SSSR count). The van der Waals surface area contributed by atoms with Crippen molar-refractivity contribution >= 4 is 11.6 Å². The van der Waals surface area contributed by atoms with Crippen LogP contribution in [0.1, 0.15) is 5.69 Å². The molecule has 80 valence electrons. The molecule has 1 heterocycles. The molecule has 16 heavy (non-hydrogen) atoms. The zero-order chi connectivity index (χ0) is 11.5. The van der Waals surface area contributed by atoms with Gasteiger partial charge < -0.3 is 4.57 Å². The van der Waals surface area contributed by atoms with E-state index in [1.165, 1.54) is 0 Å². The van der Waals surface area contributed by atoms with Crippen molar-refractivity contribution in [1.82, 2.24) is 9.55 Å². The number of imidazole rings is 1. The summed E-state index contributed by atoms with van der Waals surface area (Å²) in [5.74, 6) is 0.849. The molecule has 0 aliphatic heterocycles. The maximum absolute atomic E-state index is 8.65. The van der Waals surface area contributed by atoms with E-state index >= 15 is 0 Å². The van der Waals surface area contributed by atoms with Crippen molar-refractivity contribution in [3.05, 3.63) is 41.2 Å². The predicted octanol–water partition coefficient (Wildman–Crippen LogP) is 2.81. The van der Waals surface area contributed by atoms with E-state index in [0.29, 0.717) is 11.4 Å². The van der Waals surface area contributed by atoms with Gasteiger partial charge in [-0.15, -0.1) is 0 Å². The zero-order valence-electron chi connectivity index (χ0n) is 8.81. The van der Waals surface area contributed by atoms with E-state index in [9.17, 15) is 0 Å². The highest BCUT2D eigenvalue weighted by molar-refractivity contribution is 6.30. The van der Waals surface area contributed by atoms with Gasteiger partial charge in [-0.3, -0.25) is 0 Å². The van der Waals surface area contributed by atoms with Crippen LogP contribution in [0.15, 0.2) is 30.5 Å². The van der Waals surface area contributed by atoms with E-state index in [2.05, 4.69) is 11.1 Å². The highest BCUT2D eigenvalue weighted by atomic mass is 35.5. The van der Waals surface area contributed by atoms with Crippen molar-refractivity contribution < 1.29 is 0 Å². The molecule has 3 nitrogen and oxygen atoms in total. The Bertz CT molecular complexity index is 534. The lowest BCUT2D eigenvalue weighted by atomic mass is 10.2. The van der Waals surface area contributed by atoms with Gasteiger partial charge in [0.1, 0.15) is 5.82 Å². The van der Waals surface area contributed by atoms with Gasteiger partial charge >= 0.3 is 0 Å². The number of halogens is 1. The maximum atomic E-state index is 8.65. The molecule has 0 fully saturated rings. The number of nitriles is 1. The van der Waals surface area contributed by atoms with Crippen LogP contribution in [0.4, 0.5) is 0 Å². The van der Waals surface area contributed by atoms with Crippen LogP contribution in [-0.2, 0) is 13.5 Å². The van der Waals surface area contributed by atoms with E-state index in [0.717, 1.165) is 17.1 Å². The monoisotopic (exact) mass is 231 g/mol. The van der Waals surface area contributed by atoms with Gasteiger partial charge in [0, 0.05) is 23.8 Å². The Morgan fingerprint density at radius 1 is 1.38 bits per heavy atom. The van der Waals surface area contributed by atoms with Gasteiger partial charge in [-0.05, 0) is 24.3 Å². The van der Waals surface area contributed by atoms with Gasteiger partial charge in [0.05, 0.1) is 18.2 Å². The van der Waals surface area contributed by atoms with Crippen LogP contribution < -0.4 is 0 Å². The number of hydrogen-bond acceptors (Lipinski definition) is 2. The lowest BCUT2D eigenvalue weighted by Crippen LogP contribution is -1.97. The van der Waals surface area contributed by atoms with Crippen molar-refractivity contribution in [1.29, 1.82) is 5.26 Å². The van der Waals surface area contributed by atoms with E-state index < -0.39 is 0 Å². The number of benzene rings is 1. The molecular weight excluding hydrogens is 222 g/mol. The summed E-state index contributed by atoms with van der Waals surface area (Å²) in [7, 11) is 1.91. The van der Waals surface area contributed by atoms with Gasteiger partial charge in [-0.2, -0.15) is 5.26 Å². The second-order valence-electron chi connectivity index (χ2n) is 3.47. The molecule has 0 N–H and O–H groups in total.